The number of nitriles is 2. The van der Waals surface area contributed by atoms with E-state index < -0.39 is 0 Å². The van der Waals surface area contributed by atoms with Gasteiger partial charge in [-0.2, -0.15) is 10.5 Å². The maximum atomic E-state index is 11.2. The van der Waals surface area contributed by atoms with Gasteiger partial charge in [-0.3, -0.25) is 9.59 Å². The first-order chi connectivity index (χ1) is 16.9. The molecule has 204 valence electrons. The fraction of sp³-hybridized carbons (Fsp3) is 0.714. The van der Waals surface area contributed by atoms with Crippen molar-refractivity contribution in [3.05, 3.63) is 23.3 Å². The largest absolute Gasteiger partial charge is 0.468 e. The minimum Gasteiger partial charge on any atom is -0.468 e. The van der Waals surface area contributed by atoms with Crippen LogP contribution in [0.15, 0.2) is 23.3 Å². The lowest BCUT2D eigenvalue weighted by molar-refractivity contribution is -0.138. The number of esters is 2. The first kappa shape index (κ1) is 36.3. The van der Waals surface area contributed by atoms with Gasteiger partial charge >= 0.3 is 11.9 Å². The highest BCUT2D eigenvalue weighted by atomic mass is 32.2. The molecule has 0 spiro atoms. The van der Waals surface area contributed by atoms with E-state index in [1.165, 1.54) is 48.9 Å². The molecule has 0 heterocycles. The molecule has 0 amide bonds. The van der Waals surface area contributed by atoms with Crippen molar-refractivity contribution >= 4 is 35.5 Å². The van der Waals surface area contributed by atoms with Crippen LogP contribution in [-0.4, -0.2) is 47.2 Å². The molecule has 36 heavy (non-hydrogen) atoms. The SMILES string of the molecule is CC/C(C)=C/CCC(C)(CC#N)SCC(=O)OC.CC/C(C)=C\CCC(C)(CC#N)SCC(=O)OC. The Bertz CT molecular complexity index is 732. The average Bonchev–Trinajstić information content (AvgIpc) is 2.86. The van der Waals surface area contributed by atoms with E-state index in [0.29, 0.717) is 24.3 Å². The predicted octanol–water partition coefficient (Wildman–Crippen LogP) is 7.40. The summed E-state index contributed by atoms with van der Waals surface area (Å²) in [5.74, 6) is 0.157. The summed E-state index contributed by atoms with van der Waals surface area (Å²) in [6.45, 7) is 12.6. The zero-order valence-corrected chi connectivity index (χ0v) is 25.2. The highest BCUT2D eigenvalue weighted by Gasteiger charge is 2.26. The molecule has 0 aliphatic carbocycles. The van der Waals surface area contributed by atoms with Crippen molar-refractivity contribution in [2.45, 2.75) is 102 Å². The van der Waals surface area contributed by atoms with Gasteiger partial charge in [0.2, 0.25) is 0 Å². The molecule has 0 rings (SSSR count). The molecule has 0 aromatic rings. The zero-order chi connectivity index (χ0) is 28.0. The standard InChI is InChI=1S/2C14H23NO2S/c2*1-5-12(2)7-6-8-14(3,9-10-15)18-11-13(16)17-4/h2*7H,5-6,8-9,11H2,1-4H3/b12-7+;12-7-. The van der Waals surface area contributed by atoms with E-state index in [9.17, 15) is 9.59 Å². The Hall–Kier alpha value is -1.90. The Labute approximate surface area is 228 Å². The Balaban J connectivity index is 0. The third-order valence-electron chi connectivity index (χ3n) is 5.89. The van der Waals surface area contributed by atoms with Gasteiger partial charge in [0.15, 0.2) is 0 Å². The van der Waals surface area contributed by atoms with Gasteiger partial charge in [-0.25, -0.2) is 0 Å². The highest BCUT2D eigenvalue weighted by Crippen LogP contribution is 2.34. The highest BCUT2D eigenvalue weighted by molar-refractivity contribution is 8.01. The van der Waals surface area contributed by atoms with Gasteiger partial charge in [0, 0.05) is 22.3 Å². The van der Waals surface area contributed by atoms with Gasteiger partial charge in [0.25, 0.3) is 0 Å². The second kappa shape index (κ2) is 21.2. The first-order valence-electron chi connectivity index (χ1n) is 12.4. The van der Waals surface area contributed by atoms with Crippen LogP contribution in [0.25, 0.3) is 0 Å². The molecule has 0 aromatic heterocycles. The summed E-state index contributed by atoms with van der Waals surface area (Å²) >= 11 is 3.03. The number of carbonyl (C=O) groups excluding carboxylic acids is 2. The molecule has 0 radical (unpaired) electrons. The minimum absolute atomic E-state index is 0.173. The predicted molar refractivity (Wildman–Crippen MR) is 153 cm³/mol. The number of allylic oxidation sites excluding steroid dienone is 4. The summed E-state index contributed by atoms with van der Waals surface area (Å²) in [7, 11) is 2.77. The van der Waals surface area contributed by atoms with E-state index in [1.807, 2.05) is 13.8 Å². The second-order valence-corrected chi connectivity index (χ2v) is 12.3. The quantitative estimate of drug-likeness (QED) is 0.148. The van der Waals surface area contributed by atoms with Gasteiger partial charge in [0.1, 0.15) is 0 Å². The molecule has 0 aliphatic heterocycles. The Kier molecular flexibility index (Phi) is 21.4. The first-order valence-corrected chi connectivity index (χ1v) is 14.4. The van der Waals surface area contributed by atoms with E-state index in [1.54, 1.807) is 0 Å². The second-order valence-electron chi connectivity index (χ2n) is 9.18. The van der Waals surface area contributed by atoms with Crippen molar-refractivity contribution in [2.75, 3.05) is 25.7 Å². The normalized spacial score (nSPS) is 14.7. The number of hydrogen-bond acceptors (Lipinski definition) is 8. The number of rotatable bonds is 16. The summed E-state index contributed by atoms with van der Waals surface area (Å²) in [5, 5.41) is 17.8. The minimum atomic E-state index is -0.232. The van der Waals surface area contributed by atoms with Crippen LogP contribution < -0.4 is 0 Å². The molecule has 0 saturated carbocycles. The molecule has 6 nitrogen and oxygen atoms in total. The Morgan fingerprint density at radius 3 is 1.36 bits per heavy atom. The Morgan fingerprint density at radius 1 is 0.778 bits per heavy atom. The van der Waals surface area contributed by atoms with Crippen LogP contribution in [0.3, 0.4) is 0 Å². The number of hydrogen-bond donors (Lipinski definition) is 0. The molecule has 2 unspecified atom stereocenters. The lowest BCUT2D eigenvalue weighted by Crippen LogP contribution is -2.22. The van der Waals surface area contributed by atoms with Crippen molar-refractivity contribution < 1.29 is 19.1 Å². The molecule has 0 N–H and O–H groups in total. The summed E-state index contributed by atoms with van der Waals surface area (Å²) in [6.07, 6.45) is 11.2. The summed E-state index contributed by atoms with van der Waals surface area (Å²) in [4.78, 5) is 22.3. The van der Waals surface area contributed by atoms with Crippen molar-refractivity contribution in [1.29, 1.82) is 10.5 Å². The fourth-order valence-electron chi connectivity index (χ4n) is 2.88. The van der Waals surface area contributed by atoms with E-state index in [0.717, 1.165) is 38.5 Å². The van der Waals surface area contributed by atoms with Gasteiger partial charge in [0.05, 0.1) is 37.9 Å². The van der Waals surface area contributed by atoms with Crippen LogP contribution in [0.1, 0.15) is 92.9 Å². The molecule has 0 bridgehead atoms. The summed E-state index contributed by atoms with van der Waals surface area (Å²) < 4.78 is 8.91. The number of methoxy groups -OCH3 is 2. The number of nitrogens with zero attached hydrogens (tertiary/aromatic N) is 2. The summed E-state index contributed by atoms with van der Waals surface area (Å²) in [5.41, 5.74) is 2.74. The fourth-order valence-corrected chi connectivity index (χ4v) is 4.90. The van der Waals surface area contributed by atoms with Gasteiger partial charge in [-0.05, 0) is 66.2 Å². The molecule has 2 atom stereocenters. The van der Waals surface area contributed by atoms with Gasteiger partial charge in [-0.1, -0.05) is 37.1 Å². The summed E-state index contributed by atoms with van der Waals surface area (Å²) in [6, 6.07) is 4.42. The van der Waals surface area contributed by atoms with E-state index in [4.69, 9.17) is 10.5 Å². The van der Waals surface area contributed by atoms with Crippen molar-refractivity contribution in [3.63, 3.8) is 0 Å². The van der Waals surface area contributed by atoms with Crippen LogP contribution in [0.5, 0.6) is 0 Å². The zero-order valence-electron chi connectivity index (χ0n) is 23.6. The lowest BCUT2D eigenvalue weighted by atomic mass is 10.00. The molecule has 0 aromatic carbocycles. The number of carbonyl (C=O) groups is 2. The van der Waals surface area contributed by atoms with E-state index >= 15 is 0 Å². The monoisotopic (exact) mass is 538 g/mol. The molecule has 0 aliphatic rings. The van der Waals surface area contributed by atoms with Crippen LogP contribution in [0.4, 0.5) is 0 Å². The maximum Gasteiger partial charge on any atom is 0.315 e. The van der Waals surface area contributed by atoms with Crippen LogP contribution in [-0.2, 0) is 19.1 Å². The third-order valence-corrected chi connectivity index (χ3v) is 8.74. The molecular formula is C28H46N2O4S2. The maximum absolute atomic E-state index is 11.2. The van der Waals surface area contributed by atoms with Crippen LogP contribution in [0, 0.1) is 22.7 Å². The lowest BCUT2D eigenvalue weighted by Gasteiger charge is -2.25. The average molecular weight is 539 g/mol. The van der Waals surface area contributed by atoms with E-state index in [-0.39, 0.29) is 21.4 Å². The molecular weight excluding hydrogens is 492 g/mol. The van der Waals surface area contributed by atoms with Crippen molar-refractivity contribution in [2.24, 2.45) is 0 Å². The van der Waals surface area contributed by atoms with Crippen LogP contribution in [0.2, 0.25) is 0 Å². The third kappa shape index (κ3) is 19.3. The van der Waals surface area contributed by atoms with Crippen molar-refractivity contribution in [3.8, 4) is 12.1 Å². The van der Waals surface area contributed by atoms with Gasteiger partial charge < -0.3 is 9.47 Å². The topological polar surface area (TPSA) is 100 Å². The number of thioether (sulfide) groups is 2. The Morgan fingerprint density at radius 2 is 1.11 bits per heavy atom. The molecule has 8 heteroatoms. The van der Waals surface area contributed by atoms with Crippen molar-refractivity contribution in [1.82, 2.24) is 0 Å². The number of ether oxygens (including phenoxy) is 2. The molecule has 0 saturated heterocycles. The molecule has 0 fully saturated rings. The van der Waals surface area contributed by atoms with Gasteiger partial charge in [-0.15, -0.1) is 23.5 Å². The van der Waals surface area contributed by atoms with Crippen LogP contribution >= 0.6 is 23.5 Å². The van der Waals surface area contributed by atoms with E-state index in [2.05, 4.69) is 61.5 Å². The smallest absolute Gasteiger partial charge is 0.315 e.